The summed E-state index contributed by atoms with van der Waals surface area (Å²) in [7, 11) is -1.80. The summed E-state index contributed by atoms with van der Waals surface area (Å²) in [4.78, 5) is 1.43. The van der Waals surface area contributed by atoms with Crippen molar-refractivity contribution >= 4 is 20.1 Å². The fourth-order valence-electron chi connectivity index (χ4n) is 2.51. The van der Waals surface area contributed by atoms with Gasteiger partial charge in [0.25, 0.3) is 0 Å². The molecule has 1 N–H and O–H groups in total. The summed E-state index contributed by atoms with van der Waals surface area (Å²) in [5.41, 5.74) is 0. The maximum absolute atomic E-state index is 6.63. The lowest BCUT2D eigenvalue weighted by molar-refractivity contribution is 0.219. The lowest BCUT2D eigenvalue weighted by Gasteiger charge is -2.38. The van der Waals surface area contributed by atoms with Crippen molar-refractivity contribution < 1.29 is 4.43 Å². The smallest absolute Gasteiger partial charge is 0.193 e. The van der Waals surface area contributed by atoms with Gasteiger partial charge in [-0.1, -0.05) is 58.5 Å². The van der Waals surface area contributed by atoms with E-state index in [1.165, 1.54) is 24.2 Å². The molecule has 0 saturated carbocycles. The zero-order valence-corrected chi connectivity index (χ0v) is 19.6. The first-order valence-corrected chi connectivity index (χ1v) is 14.0. The zero-order chi connectivity index (χ0) is 19.6. The molecule has 0 amide bonds. The fraction of sp³-hybridized carbons (Fsp3) is 0.727. The Bertz CT molecular complexity index is 524. The average Bonchev–Trinajstić information content (AvgIpc) is 2.57. The quantitative estimate of drug-likeness (QED) is 0.220. The van der Waals surface area contributed by atoms with E-state index in [0.717, 1.165) is 25.1 Å². The molecule has 1 rings (SSSR count). The number of unbranched alkanes of at least 4 members (excludes halogenated alkanes) is 2. The molecule has 2 atom stereocenters. The molecule has 0 aliphatic carbocycles. The second-order valence-electron chi connectivity index (χ2n) is 8.57. The first kappa shape index (κ1) is 23.6. The molecule has 0 fully saturated rings. The minimum absolute atomic E-state index is 0.0591. The van der Waals surface area contributed by atoms with Gasteiger partial charge in [0.1, 0.15) is 6.10 Å². The van der Waals surface area contributed by atoms with E-state index in [4.69, 9.17) is 4.43 Å². The second-order valence-corrected chi connectivity index (χ2v) is 14.5. The Hall–Kier alpha value is -0.473. The van der Waals surface area contributed by atoms with Gasteiger partial charge >= 0.3 is 0 Å². The molecule has 0 bridgehead atoms. The van der Waals surface area contributed by atoms with E-state index in [9.17, 15) is 0 Å². The van der Waals surface area contributed by atoms with Gasteiger partial charge in [0.15, 0.2) is 8.32 Å². The van der Waals surface area contributed by atoms with Crippen LogP contribution in [0.25, 0.3) is 0 Å². The largest absolute Gasteiger partial charge is 0.403 e. The van der Waals surface area contributed by atoms with Crippen LogP contribution in [-0.4, -0.2) is 32.8 Å². The Labute approximate surface area is 167 Å². The van der Waals surface area contributed by atoms with E-state index in [-0.39, 0.29) is 17.2 Å². The van der Waals surface area contributed by atoms with Crippen molar-refractivity contribution in [1.29, 1.82) is 0 Å². The minimum Gasteiger partial charge on any atom is -0.403 e. The van der Waals surface area contributed by atoms with Crippen molar-refractivity contribution in [2.45, 2.75) is 90.1 Å². The molecule has 0 spiro atoms. The molecular formula is C22H39NOSSi. The zero-order valence-electron chi connectivity index (χ0n) is 17.8. The van der Waals surface area contributed by atoms with Crippen LogP contribution in [0, 0.1) is 11.8 Å². The highest BCUT2D eigenvalue weighted by Crippen LogP contribution is 2.37. The maximum atomic E-state index is 6.63. The molecule has 0 aromatic carbocycles. The third kappa shape index (κ3) is 8.48. The summed E-state index contributed by atoms with van der Waals surface area (Å²) in [5, 5.41) is 3.73. The number of thioether (sulfide) groups is 1. The Morgan fingerprint density at radius 1 is 1.42 bits per heavy atom. The molecule has 1 aliphatic rings. The standard InChI is InChI=1S/C22H39NOSSi/c1-8-10-11-12-20(24-26(6,7)22(3,4)5)14-13-19-18-21(15-16-23-19)25-17-9-2/h9,18-20,23H,2,8,10-12,15-17H2,1,3-7H3. The number of hydrogen-bond acceptors (Lipinski definition) is 3. The molecule has 1 heterocycles. The molecule has 26 heavy (non-hydrogen) atoms. The van der Waals surface area contributed by atoms with Crippen LogP contribution in [0.3, 0.4) is 0 Å². The third-order valence-electron chi connectivity index (χ3n) is 5.19. The molecule has 0 radical (unpaired) electrons. The number of hydrogen-bond donors (Lipinski definition) is 1. The number of rotatable bonds is 9. The van der Waals surface area contributed by atoms with E-state index in [1.807, 2.05) is 17.8 Å². The molecule has 2 nitrogen and oxygen atoms in total. The van der Waals surface area contributed by atoms with Gasteiger partial charge < -0.3 is 9.74 Å². The van der Waals surface area contributed by atoms with Crippen LogP contribution in [0.1, 0.15) is 59.8 Å². The highest BCUT2D eigenvalue weighted by molar-refractivity contribution is 8.03. The molecule has 0 aromatic heterocycles. The SMILES string of the molecule is C=CCSC1=CC(C#CC(CCCCC)O[Si](C)(C)C(C)(C)C)NCC1. The minimum atomic E-state index is -1.80. The average molecular weight is 394 g/mol. The van der Waals surface area contributed by atoms with Crippen LogP contribution in [0.4, 0.5) is 0 Å². The van der Waals surface area contributed by atoms with Crippen molar-refractivity contribution in [1.82, 2.24) is 5.32 Å². The van der Waals surface area contributed by atoms with Gasteiger partial charge in [0, 0.05) is 12.3 Å². The summed E-state index contributed by atoms with van der Waals surface area (Å²) in [6.07, 6.45) is 10.1. The van der Waals surface area contributed by atoms with Crippen molar-refractivity contribution in [2.24, 2.45) is 0 Å². The Morgan fingerprint density at radius 2 is 2.15 bits per heavy atom. The third-order valence-corrected chi connectivity index (χ3v) is 10.8. The lowest BCUT2D eigenvalue weighted by atomic mass is 10.1. The van der Waals surface area contributed by atoms with Gasteiger partial charge in [-0.05, 0) is 48.4 Å². The van der Waals surface area contributed by atoms with Crippen LogP contribution >= 0.6 is 11.8 Å². The van der Waals surface area contributed by atoms with E-state index in [0.29, 0.717) is 0 Å². The van der Waals surface area contributed by atoms with Crippen LogP contribution < -0.4 is 5.32 Å². The van der Waals surface area contributed by atoms with E-state index in [1.54, 1.807) is 0 Å². The van der Waals surface area contributed by atoms with Gasteiger partial charge in [0.2, 0.25) is 0 Å². The summed E-state index contributed by atoms with van der Waals surface area (Å²) in [6, 6.07) is 0.146. The van der Waals surface area contributed by atoms with Crippen LogP contribution in [0.2, 0.25) is 18.1 Å². The molecular weight excluding hydrogens is 354 g/mol. The maximum Gasteiger partial charge on any atom is 0.193 e. The van der Waals surface area contributed by atoms with Crippen LogP contribution in [-0.2, 0) is 4.43 Å². The summed E-state index contributed by atoms with van der Waals surface area (Å²) >= 11 is 1.88. The van der Waals surface area contributed by atoms with Gasteiger partial charge in [0.05, 0.1) is 6.04 Å². The molecule has 148 valence electrons. The van der Waals surface area contributed by atoms with Crippen molar-refractivity contribution in [3.05, 3.63) is 23.6 Å². The van der Waals surface area contributed by atoms with E-state index < -0.39 is 8.32 Å². The topological polar surface area (TPSA) is 21.3 Å². The van der Waals surface area contributed by atoms with E-state index >= 15 is 0 Å². The van der Waals surface area contributed by atoms with Crippen molar-refractivity contribution in [2.75, 3.05) is 12.3 Å². The Balaban J connectivity index is 2.82. The molecule has 0 aromatic rings. The molecule has 4 heteroatoms. The fourth-order valence-corrected chi connectivity index (χ4v) is 4.57. The monoisotopic (exact) mass is 393 g/mol. The Kier molecular flexibility index (Phi) is 10.3. The predicted molar refractivity (Wildman–Crippen MR) is 121 cm³/mol. The van der Waals surface area contributed by atoms with Gasteiger partial charge in [-0.2, -0.15) is 0 Å². The van der Waals surface area contributed by atoms with Crippen molar-refractivity contribution in [3.63, 3.8) is 0 Å². The highest BCUT2D eigenvalue weighted by atomic mass is 32.2. The van der Waals surface area contributed by atoms with Crippen LogP contribution in [0.15, 0.2) is 23.6 Å². The second kappa shape index (κ2) is 11.4. The normalized spacial score (nSPS) is 19.3. The molecule has 0 saturated heterocycles. The van der Waals surface area contributed by atoms with Crippen molar-refractivity contribution in [3.8, 4) is 11.8 Å². The summed E-state index contributed by atoms with van der Waals surface area (Å²) < 4.78 is 6.63. The molecule has 2 unspecified atom stereocenters. The van der Waals surface area contributed by atoms with Gasteiger partial charge in [-0.25, -0.2) is 0 Å². The van der Waals surface area contributed by atoms with Gasteiger partial charge in [-0.3, -0.25) is 0 Å². The lowest BCUT2D eigenvalue weighted by Crippen LogP contribution is -2.43. The predicted octanol–water partition coefficient (Wildman–Crippen LogP) is 6.13. The summed E-state index contributed by atoms with van der Waals surface area (Å²) in [6.45, 7) is 18.6. The Morgan fingerprint density at radius 3 is 2.77 bits per heavy atom. The molecule has 1 aliphatic heterocycles. The first-order chi connectivity index (χ1) is 12.2. The first-order valence-electron chi connectivity index (χ1n) is 10.1. The number of nitrogens with one attached hydrogen (secondary N) is 1. The van der Waals surface area contributed by atoms with Crippen LogP contribution in [0.5, 0.6) is 0 Å². The highest BCUT2D eigenvalue weighted by Gasteiger charge is 2.38. The summed E-state index contributed by atoms with van der Waals surface area (Å²) in [5.74, 6) is 7.90. The van der Waals surface area contributed by atoms with Gasteiger partial charge in [-0.15, -0.1) is 18.3 Å². The van der Waals surface area contributed by atoms with E-state index in [2.05, 4.69) is 70.6 Å².